The first kappa shape index (κ1) is 16.3. The van der Waals surface area contributed by atoms with E-state index < -0.39 is 0 Å². The predicted octanol–water partition coefficient (Wildman–Crippen LogP) is 5.33. The standard InChI is InChI=1S/C22H17N5O/c1-14-5-8-20(24-12-14)27-21-4-2-3-18(26-21)19-13-25-22(28-19)16-6-7-17-15(11-16)9-10-23-17/h2-13,23H,1H3,(H,24,26,27). The molecule has 6 nitrogen and oxygen atoms in total. The Hall–Kier alpha value is -3.93. The monoisotopic (exact) mass is 367 g/mol. The number of nitrogens with zero attached hydrogens (tertiary/aromatic N) is 3. The fraction of sp³-hybridized carbons (Fsp3) is 0.0455. The van der Waals surface area contributed by atoms with Gasteiger partial charge in [0.25, 0.3) is 0 Å². The second-order valence-electron chi connectivity index (χ2n) is 6.56. The van der Waals surface area contributed by atoms with Crippen LogP contribution in [0.3, 0.4) is 0 Å². The van der Waals surface area contributed by atoms with Crippen molar-refractivity contribution in [1.29, 1.82) is 0 Å². The van der Waals surface area contributed by atoms with Gasteiger partial charge in [-0.3, -0.25) is 0 Å². The van der Waals surface area contributed by atoms with Crippen LogP contribution in [0.15, 0.2) is 77.6 Å². The van der Waals surface area contributed by atoms with E-state index in [1.54, 1.807) is 6.20 Å². The van der Waals surface area contributed by atoms with Crippen LogP contribution in [0.2, 0.25) is 0 Å². The normalized spacial score (nSPS) is 11.0. The molecular formula is C22H17N5O. The lowest BCUT2D eigenvalue weighted by atomic mass is 10.1. The number of benzene rings is 1. The summed E-state index contributed by atoms with van der Waals surface area (Å²) in [5.41, 5.74) is 3.83. The average Bonchev–Trinajstić information content (AvgIpc) is 3.39. The molecule has 6 heteroatoms. The number of rotatable bonds is 4. The largest absolute Gasteiger partial charge is 0.434 e. The molecule has 0 aliphatic heterocycles. The smallest absolute Gasteiger partial charge is 0.226 e. The molecule has 0 fully saturated rings. The summed E-state index contributed by atoms with van der Waals surface area (Å²) in [5, 5.41) is 4.33. The Morgan fingerprint density at radius 3 is 2.79 bits per heavy atom. The van der Waals surface area contributed by atoms with Crippen molar-refractivity contribution in [3.63, 3.8) is 0 Å². The van der Waals surface area contributed by atoms with E-state index >= 15 is 0 Å². The lowest BCUT2D eigenvalue weighted by Gasteiger charge is -2.06. The van der Waals surface area contributed by atoms with Crippen molar-refractivity contribution >= 4 is 22.5 Å². The summed E-state index contributed by atoms with van der Waals surface area (Å²) in [5.74, 6) is 2.62. The fourth-order valence-electron chi connectivity index (χ4n) is 3.03. The third-order valence-corrected chi connectivity index (χ3v) is 4.47. The Morgan fingerprint density at radius 1 is 0.929 bits per heavy atom. The number of hydrogen-bond acceptors (Lipinski definition) is 5. The van der Waals surface area contributed by atoms with E-state index in [9.17, 15) is 0 Å². The van der Waals surface area contributed by atoms with Crippen molar-refractivity contribution in [2.45, 2.75) is 6.92 Å². The molecule has 0 aliphatic rings. The van der Waals surface area contributed by atoms with Crippen LogP contribution in [0.4, 0.5) is 11.6 Å². The minimum Gasteiger partial charge on any atom is -0.434 e. The summed E-state index contributed by atoms with van der Waals surface area (Å²) < 4.78 is 5.97. The summed E-state index contributed by atoms with van der Waals surface area (Å²) >= 11 is 0. The second-order valence-corrected chi connectivity index (χ2v) is 6.56. The van der Waals surface area contributed by atoms with Crippen LogP contribution < -0.4 is 5.32 Å². The van der Waals surface area contributed by atoms with Crippen LogP contribution in [-0.2, 0) is 0 Å². The molecule has 4 aromatic heterocycles. The van der Waals surface area contributed by atoms with Crippen LogP contribution in [-0.4, -0.2) is 19.9 Å². The van der Waals surface area contributed by atoms with Gasteiger partial charge in [0.2, 0.25) is 5.89 Å². The molecule has 136 valence electrons. The molecule has 0 amide bonds. The second kappa shape index (κ2) is 6.66. The zero-order valence-electron chi connectivity index (χ0n) is 15.2. The Balaban J connectivity index is 1.42. The maximum absolute atomic E-state index is 5.97. The van der Waals surface area contributed by atoms with Crippen LogP contribution in [0.25, 0.3) is 33.8 Å². The van der Waals surface area contributed by atoms with E-state index in [0.29, 0.717) is 23.2 Å². The Morgan fingerprint density at radius 2 is 1.89 bits per heavy atom. The van der Waals surface area contributed by atoms with Gasteiger partial charge in [-0.1, -0.05) is 12.1 Å². The number of pyridine rings is 2. The Labute approximate surface area is 161 Å². The van der Waals surface area contributed by atoms with E-state index in [4.69, 9.17) is 4.42 Å². The van der Waals surface area contributed by atoms with Crippen LogP contribution in [0, 0.1) is 6.92 Å². The molecular weight excluding hydrogens is 350 g/mol. The summed E-state index contributed by atoms with van der Waals surface area (Å²) in [6.45, 7) is 2.00. The minimum atomic E-state index is 0.568. The number of fused-ring (bicyclic) bond motifs is 1. The van der Waals surface area contributed by atoms with Crippen LogP contribution in [0.5, 0.6) is 0 Å². The third-order valence-electron chi connectivity index (χ3n) is 4.47. The fourth-order valence-corrected chi connectivity index (χ4v) is 3.03. The van der Waals surface area contributed by atoms with Gasteiger partial charge < -0.3 is 14.7 Å². The van der Waals surface area contributed by atoms with Crippen molar-refractivity contribution in [3.05, 3.63) is 78.8 Å². The number of aromatic amines is 1. The topological polar surface area (TPSA) is 79.6 Å². The third kappa shape index (κ3) is 3.12. The molecule has 28 heavy (non-hydrogen) atoms. The Bertz CT molecular complexity index is 1250. The van der Waals surface area contributed by atoms with Gasteiger partial charge in [-0.2, -0.15) is 0 Å². The summed E-state index contributed by atoms with van der Waals surface area (Å²) in [7, 11) is 0. The van der Waals surface area contributed by atoms with Crippen molar-refractivity contribution in [1.82, 2.24) is 19.9 Å². The molecule has 0 spiro atoms. The van der Waals surface area contributed by atoms with Crippen LogP contribution >= 0.6 is 0 Å². The summed E-state index contributed by atoms with van der Waals surface area (Å²) in [4.78, 5) is 16.6. The van der Waals surface area contributed by atoms with E-state index in [2.05, 4.69) is 31.3 Å². The van der Waals surface area contributed by atoms with Gasteiger partial charge in [-0.05, 0) is 55.0 Å². The first-order valence-corrected chi connectivity index (χ1v) is 8.95. The highest BCUT2D eigenvalue weighted by Crippen LogP contribution is 2.28. The lowest BCUT2D eigenvalue weighted by molar-refractivity contribution is 0.587. The van der Waals surface area contributed by atoms with Crippen molar-refractivity contribution in [3.8, 4) is 22.9 Å². The molecule has 0 radical (unpaired) electrons. The van der Waals surface area contributed by atoms with Crippen molar-refractivity contribution in [2.75, 3.05) is 5.32 Å². The van der Waals surface area contributed by atoms with Crippen molar-refractivity contribution in [2.24, 2.45) is 0 Å². The Kier molecular flexibility index (Phi) is 3.87. The molecule has 0 unspecified atom stereocenters. The summed E-state index contributed by atoms with van der Waals surface area (Å²) in [6.07, 6.45) is 5.43. The van der Waals surface area contributed by atoms with Gasteiger partial charge >= 0.3 is 0 Å². The molecule has 0 saturated carbocycles. The number of nitrogens with one attached hydrogen (secondary N) is 2. The predicted molar refractivity (Wildman–Crippen MR) is 109 cm³/mol. The maximum atomic E-state index is 5.97. The van der Waals surface area contributed by atoms with E-state index in [1.807, 2.05) is 67.8 Å². The molecule has 0 bridgehead atoms. The molecule has 1 aromatic carbocycles. The number of oxazole rings is 1. The minimum absolute atomic E-state index is 0.568. The number of hydrogen-bond donors (Lipinski definition) is 2. The van der Waals surface area contributed by atoms with E-state index in [0.717, 1.165) is 27.8 Å². The molecule has 4 heterocycles. The van der Waals surface area contributed by atoms with Gasteiger partial charge in [-0.15, -0.1) is 0 Å². The number of aryl methyl sites for hydroxylation is 1. The number of aromatic nitrogens is 4. The molecule has 2 N–H and O–H groups in total. The van der Waals surface area contributed by atoms with E-state index in [1.165, 1.54) is 0 Å². The summed E-state index contributed by atoms with van der Waals surface area (Å²) in [6, 6.07) is 17.7. The average molecular weight is 367 g/mol. The van der Waals surface area contributed by atoms with Gasteiger partial charge in [0.1, 0.15) is 17.3 Å². The van der Waals surface area contributed by atoms with Gasteiger partial charge in [-0.25, -0.2) is 15.0 Å². The first-order chi connectivity index (χ1) is 13.7. The molecule has 5 aromatic rings. The maximum Gasteiger partial charge on any atom is 0.226 e. The molecule has 5 rings (SSSR count). The van der Waals surface area contributed by atoms with E-state index in [-0.39, 0.29) is 0 Å². The zero-order valence-corrected chi connectivity index (χ0v) is 15.2. The molecule has 0 aliphatic carbocycles. The van der Waals surface area contributed by atoms with Gasteiger partial charge in [0.15, 0.2) is 5.76 Å². The first-order valence-electron chi connectivity index (χ1n) is 8.95. The molecule has 0 atom stereocenters. The van der Waals surface area contributed by atoms with Gasteiger partial charge in [0, 0.05) is 28.9 Å². The number of anilines is 2. The highest BCUT2D eigenvalue weighted by Gasteiger charge is 2.11. The highest BCUT2D eigenvalue weighted by atomic mass is 16.4. The number of H-pyrrole nitrogens is 1. The van der Waals surface area contributed by atoms with Crippen molar-refractivity contribution < 1.29 is 4.42 Å². The van der Waals surface area contributed by atoms with Gasteiger partial charge in [0.05, 0.1) is 6.20 Å². The molecule has 0 saturated heterocycles. The van der Waals surface area contributed by atoms with Crippen LogP contribution in [0.1, 0.15) is 5.56 Å². The lowest BCUT2D eigenvalue weighted by Crippen LogP contribution is -1.96. The highest BCUT2D eigenvalue weighted by molar-refractivity contribution is 5.83. The quantitative estimate of drug-likeness (QED) is 0.449. The SMILES string of the molecule is Cc1ccc(Nc2cccc(-c3cnc(-c4ccc5[nH]ccc5c4)o3)n2)nc1. The zero-order chi connectivity index (χ0) is 18.9.